The van der Waals surface area contributed by atoms with Gasteiger partial charge in [-0.25, -0.2) is 13.1 Å². The fourth-order valence-electron chi connectivity index (χ4n) is 2.87. The van der Waals surface area contributed by atoms with Gasteiger partial charge in [-0.15, -0.1) is 0 Å². The van der Waals surface area contributed by atoms with Crippen LogP contribution in [0.15, 0.2) is 60.7 Å². The maximum absolute atomic E-state index is 12.6. The zero-order valence-electron chi connectivity index (χ0n) is 18.3. The normalized spacial score (nSPS) is 10.8. The van der Waals surface area contributed by atoms with Crippen molar-refractivity contribution in [3.8, 4) is 0 Å². The van der Waals surface area contributed by atoms with Crippen LogP contribution in [0.25, 0.3) is 10.8 Å². The van der Waals surface area contributed by atoms with Crippen LogP contribution in [0, 0.1) is 6.92 Å². The van der Waals surface area contributed by atoms with E-state index in [0.717, 1.165) is 28.2 Å². The Morgan fingerprint density at radius 2 is 1.66 bits per heavy atom. The minimum Gasteiger partial charge on any atom is -0.348 e. The molecule has 0 bridgehead atoms. The topological polar surface area (TPSA) is 130 Å². The van der Waals surface area contributed by atoms with Crippen molar-refractivity contribution in [1.82, 2.24) is 10.0 Å². The fourth-order valence-corrected chi connectivity index (χ4v) is 2.87. The lowest BCUT2D eigenvalue weighted by Gasteiger charge is -2.12. The lowest BCUT2D eigenvalue weighted by molar-refractivity contribution is -0.114. The fraction of sp³-hybridized carbons (Fsp3) is 0.217. The number of hydrogen-bond donors (Lipinski definition) is 4. The Labute approximate surface area is 188 Å². The number of benzene rings is 3. The molecule has 0 aliphatic rings. The second-order valence-corrected chi connectivity index (χ2v) is 9.03. The second kappa shape index (κ2) is 11.4. The van der Waals surface area contributed by atoms with Crippen molar-refractivity contribution in [2.24, 2.45) is 5.73 Å². The third-order valence-corrected chi connectivity index (χ3v) is 5.38. The molecule has 0 spiro atoms. The van der Waals surface area contributed by atoms with Crippen molar-refractivity contribution in [2.75, 3.05) is 25.2 Å². The van der Waals surface area contributed by atoms with Gasteiger partial charge in [-0.05, 0) is 48.0 Å². The molecule has 9 heteroatoms. The molecule has 5 N–H and O–H groups in total. The molecule has 3 aromatic rings. The van der Waals surface area contributed by atoms with Crippen LogP contribution in [0.3, 0.4) is 0 Å². The Morgan fingerprint density at radius 1 is 1.00 bits per heavy atom. The molecule has 0 aromatic heterocycles. The minimum absolute atomic E-state index is 0.101. The van der Waals surface area contributed by atoms with E-state index in [9.17, 15) is 18.0 Å². The van der Waals surface area contributed by atoms with E-state index in [1.54, 1.807) is 18.2 Å². The summed E-state index contributed by atoms with van der Waals surface area (Å²) in [5.74, 6) is -0.477. The summed E-state index contributed by atoms with van der Waals surface area (Å²) in [6.07, 6.45) is 1.10. The van der Waals surface area contributed by atoms with Crippen LogP contribution in [-0.2, 0) is 21.4 Å². The Bertz CT molecular complexity index is 1200. The van der Waals surface area contributed by atoms with Crippen LogP contribution >= 0.6 is 0 Å². The molecule has 0 saturated heterocycles. The monoisotopic (exact) mass is 456 g/mol. The molecule has 0 heterocycles. The Morgan fingerprint density at radius 3 is 2.31 bits per heavy atom. The maximum Gasteiger partial charge on any atom is 0.251 e. The van der Waals surface area contributed by atoms with E-state index in [1.807, 2.05) is 37.3 Å². The summed E-state index contributed by atoms with van der Waals surface area (Å²) in [5.41, 5.74) is 8.29. The molecule has 32 heavy (non-hydrogen) atoms. The first-order valence-corrected chi connectivity index (χ1v) is 11.8. The highest BCUT2D eigenvalue weighted by Gasteiger charge is 2.11. The Balaban J connectivity index is 0.000000534. The van der Waals surface area contributed by atoms with Crippen molar-refractivity contribution in [2.45, 2.75) is 13.5 Å². The average Bonchev–Trinajstić information content (AvgIpc) is 2.78. The van der Waals surface area contributed by atoms with Gasteiger partial charge < -0.3 is 16.4 Å². The summed E-state index contributed by atoms with van der Waals surface area (Å²) in [6, 6.07) is 19.3. The van der Waals surface area contributed by atoms with Gasteiger partial charge in [-0.2, -0.15) is 0 Å². The van der Waals surface area contributed by atoms with Gasteiger partial charge in [0.1, 0.15) is 0 Å². The van der Waals surface area contributed by atoms with Gasteiger partial charge in [-0.1, -0.05) is 48.5 Å². The smallest absolute Gasteiger partial charge is 0.251 e. The van der Waals surface area contributed by atoms with Gasteiger partial charge >= 0.3 is 0 Å². The first-order valence-electron chi connectivity index (χ1n) is 9.88. The van der Waals surface area contributed by atoms with Gasteiger partial charge in [0.15, 0.2) is 0 Å². The minimum atomic E-state index is -2.91. The third kappa shape index (κ3) is 7.45. The molecular weight excluding hydrogens is 428 g/mol. The molecule has 0 aliphatic heterocycles. The van der Waals surface area contributed by atoms with E-state index in [4.69, 9.17) is 5.73 Å². The summed E-state index contributed by atoms with van der Waals surface area (Å²) >= 11 is 0. The summed E-state index contributed by atoms with van der Waals surface area (Å²) in [7, 11) is -1.54. The highest BCUT2D eigenvalue weighted by Crippen LogP contribution is 2.19. The number of sulfonamides is 1. The van der Waals surface area contributed by atoms with Crippen molar-refractivity contribution < 1.29 is 18.0 Å². The first kappa shape index (κ1) is 25.0. The zero-order chi connectivity index (χ0) is 23.7. The summed E-state index contributed by atoms with van der Waals surface area (Å²) < 4.78 is 21.9. The number of rotatable bonds is 6. The third-order valence-electron chi connectivity index (χ3n) is 4.64. The number of amides is 2. The molecule has 0 radical (unpaired) electrons. The predicted molar refractivity (Wildman–Crippen MR) is 128 cm³/mol. The van der Waals surface area contributed by atoms with E-state index >= 15 is 0 Å². The second-order valence-electron chi connectivity index (χ2n) is 7.08. The molecule has 0 fully saturated rings. The van der Waals surface area contributed by atoms with Crippen LogP contribution in [0.4, 0.5) is 5.69 Å². The van der Waals surface area contributed by atoms with Gasteiger partial charge in [0, 0.05) is 17.8 Å². The molecule has 0 unspecified atom stereocenters. The molecule has 3 rings (SSSR count). The average molecular weight is 457 g/mol. The van der Waals surface area contributed by atoms with Gasteiger partial charge in [0.25, 0.3) is 5.91 Å². The number of carbonyl (C=O) groups excluding carboxylic acids is 2. The van der Waals surface area contributed by atoms with Crippen molar-refractivity contribution in [1.29, 1.82) is 0 Å². The number of hydrogen-bond acceptors (Lipinski definition) is 5. The van der Waals surface area contributed by atoms with Crippen LogP contribution in [0.2, 0.25) is 0 Å². The number of fused-ring (bicyclic) bond motifs is 1. The van der Waals surface area contributed by atoms with Gasteiger partial charge in [0.2, 0.25) is 15.9 Å². The Kier molecular flexibility index (Phi) is 8.89. The summed E-state index contributed by atoms with van der Waals surface area (Å²) in [5, 5.41) is 7.90. The lowest BCUT2D eigenvalue weighted by atomic mass is 10.0. The molecule has 170 valence electrons. The SMILES string of the molecule is CNS(C)(=O)=O.Cc1ccc(NC(=O)CN)cc1C(=O)NCc1cccc2ccccc12. The summed E-state index contributed by atoms with van der Waals surface area (Å²) in [6.45, 7) is 2.19. The van der Waals surface area contributed by atoms with Crippen LogP contribution in [0.1, 0.15) is 21.5 Å². The van der Waals surface area contributed by atoms with Crippen LogP contribution in [0.5, 0.6) is 0 Å². The molecular formula is C23H28N4O4S. The molecule has 8 nitrogen and oxygen atoms in total. The number of aryl methyl sites for hydroxylation is 1. The maximum atomic E-state index is 12.6. The van der Waals surface area contributed by atoms with Crippen molar-refractivity contribution in [3.63, 3.8) is 0 Å². The number of carbonyl (C=O) groups is 2. The van der Waals surface area contributed by atoms with E-state index in [0.29, 0.717) is 17.8 Å². The predicted octanol–water partition coefficient (Wildman–Crippen LogP) is 2.14. The first-order chi connectivity index (χ1) is 15.1. The van der Waals surface area contributed by atoms with Crippen molar-refractivity contribution in [3.05, 3.63) is 77.4 Å². The van der Waals surface area contributed by atoms with E-state index in [1.165, 1.54) is 7.05 Å². The highest BCUT2D eigenvalue weighted by molar-refractivity contribution is 7.88. The zero-order valence-corrected chi connectivity index (χ0v) is 19.1. The van der Waals surface area contributed by atoms with E-state index < -0.39 is 10.0 Å². The number of nitrogens with one attached hydrogen (secondary N) is 3. The largest absolute Gasteiger partial charge is 0.348 e. The summed E-state index contributed by atoms with van der Waals surface area (Å²) in [4.78, 5) is 24.1. The number of nitrogens with two attached hydrogens (primary N) is 1. The van der Waals surface area contributed by atoms with Crippen LogP contribution < -0.4 is 21.1 Å². The van der Waals surface area contributed by atoms with E-state index in [-0.39, 0.29) is 18.4 Å². The van der Waals surface area contributed by atoms with E-state index in [2.05, 4.69) is 27.5 Å². The molecule has 2 amide bonds. The molecule has 0 atom stereocenters. The quantitative estimate of drug-likeness (QED) is 0.451. The molecule has 0 saturated carbocycles. The van der Waals surface area contributed by atoms with Crippen molar-refractivity contribution >= 4 is 38.3 Å². The standard InChI is InChI=1S/C21H21N3O2.C2H7NO2S/c1-14-9-10-17(24-20(25)12-22)11-19(14)21(26)23-13-16-7-4-6-15-5-2-3-8-18(15)16;1-3-6(2,4)5/h2-11H,12-13,22H2,1H3,(H,23,26)(H,24,25);3H,1-2H3. The molecule has 0 aliphatic carbocycles. The van der Waals surface area contributed by atoms with Gasteiger partial charge in [-0.3, -0.25) is 9.59 Å². The number of anilines is 1. The highest BCUT2D eigenvalue weighted by atomic mass is 32.2. The van der Waals surface area contributed by atoms with Crippen LogP contribution in [-0.4, -0.2) is 40.1 Å². The molecule has 3 aromatic carbocycles. The Hall–Kier alpha value is -3.27. The lowest BCUT2D eigenvalue weighted by Crippen LogP contribution is -2.25. The van der Waals surface area contributed by atoms with Gasteiger partial charge in [0.05, 0.1) is 12.8 Å².